The summed E-state index contributed by atoms with van der Waals surface area (Å²) in [5, 5.41) is 28.7. The quantitative estimate of drug-likeness (QED) is 0.348. The molecule has 0 heterocycles. The summed E-state index contributed by atoms with van der Waals surface area (Å²) in [5.74, 6) is -0.971. The molecular weight excluding hydrogens is 320 g/mol. The Morgan fingerprint density at radius 1 is 1.20 bits per heavy atom. The van der Waals surface area contributed by atoms with Gasteiger partial charge in [-0.1, -0.05) is 57.6 Å². The lowest BCUT2D eigenvalue weighted by Gasteiger charge is -2.18. The summed E-state index contributed by atoms with van der Waals surface area (Å²) >= 11 is 0. The molecule has 0 aromatic carbocycles. The summed E-state index contributed by atoms with van der Waals surface area (Å²) in [6.07, 6.45) is 10.8. The third-order valence-corrected chi connectivity index (χ3v) is 5.06. The van der Waals surface area contributed by atoms with Gasteiger partial charge >= 0.3 is 5.97 Å². The molecule has 0 bridgehead atoms. The van der Waals surface area contributed by atoms with E-state index in [9.17, 15) is 19.8 Å². The molecule has 0 amide bonds. The van der Waals surface area contributed by atoms with Crippen LogP contribution in [0.15, 0.2) is 12.2 Å². The second-order valence-electron chi connectivity index (χ2n) is 7.22. The van der Waals surface area contributed by atoms with E-state index in [-0.39, 0.29) is 30.5 Å². The standard InChI is InChI=1S/C20H34O5/c1-2-3-6-10-16-17(19(23)14-18(16)22)13-12-15(21)9-7-4-5-8-11-20(24)25/h12-13,15-18,21-22H,2-11,14H2,1H3,(H,24,25)/b13-12+/t15-,16-,17+,18+/m0/s1. The van der Waals surface area contributed by atoms with Crippen molar-refractivity contribution in [3.8, 4) is 0 Å². The van der Waals surface area contributed by atoms with E-state index >= 15 is 0 Å². The van der Waals surface area contributed by atoms with E-state index in [1.165, 1.54) is 0 Å². The maximum atomic E-state index is 12.1. The molecule has 25 heavy (non-hydrogen) atoms. The lowest BCUT2D eigenvalue weighted by atomic mass is 9.88. The minimum absolute atomic E-state index is 0.0153. The summed E-state index contributed by atoms with van der Waals surface area (Å²) in [7, 11) is 0. The Hall–Kier alpha value is -1.20. The number of carbonyl (C=O) groups is 2. The fraction of sp³-hybridized carbons (Fsp3) is 0.800. The van der Waals surface area contributed by atoms with Crippen LogP contribution in [0.2, 0.25) is 0 Å². The fourth-order valence-corrected chi connectivity index (χ4v) is 3.55. The van der Waals surface area contributed by atoms with Crippen molar-refractivity contribution in [1.82, 2.24) is 0 Å². The van der Waals surface area contributed by atoms with Gasteiger partial charge in [0.2, 0.25) is 0 Å². The topological polar surface area (TPSA) is 94.8 Å². The number of allylic oxidation sites excluding steroid dienone is 1. The van der Waals surface area contributed by atoms with Crippen LogP contribution in [0.4, 0.5) is 0 Å². The summed E-state index contributed by atoms with van der Waals surface area (Å²) in [5.41, 5.74) is 0. The van der Waals surface area contributed by atoms with Crippen LogP contribution in [-0.4, -0.2) is 39.3 Å². The number of Topliss-reactive ketones (excluding diaryl/α,β-unsaturated/α-hetero) is 1. The highest BCUT2D eigenvalue weighted by Crippen LogP contribution is 2.34. The van der Waals surface area contributed by atoms with Gasteiger partial charge in [-0.3, -0.25) is 9.59 Å². The summed E-state index contributed by atoms with van der Waals surface area (Å²) in [6.45, 7) is 2.13. The Kier molecular flexibility index (Phi) is 10.7. The van der Waals surface area contributed by atoms with Gasteiger partial charge in [0.25, 0.3) is 0 Å². The Balaban J connectivity index is 2.33. The smallest absolute Gasteiger partial charge is 0.303 e. The van der Waals surface area contributed by atoms with Crippen LogP contribution >= 0.6 is 0 Å². The van der Waals surface area contributed by atoms with Crippen molar-refractivity contribution in [1.29, 1.82) is 0 Å². The molecule has 0 saturated heterocycles. The van der Waals surface area contributed by atoms with Crippen LogP contribution < -0.4 is 0 Å². The lowest BCUT2D eigenvalue weighted by Crippen LogP contribution is -2.19. The maximum Gasteiger partial charge on any atom is 0.303 e. The van der Waals surface area contributed by atoms with Crippen molar-refractivity contribution in [3.05, 3.63) is 12.2 Å². The second kappa shape index (κ2) is 12.2. The van der Waals surface area contributed by atoms with E-state index in [1.807, 2.05) is 0 Å². The third-order valence-electron chi connectivity index (χ3n) is 5.06. The normalized spacial score (nSPS) is 24.9. The number of carboxylic acid groups (broad SMARTS) is 1. The molecule has 1 fully saturated rings. The van der Waals surface area contributed by atoms with Gasteiger partial charge in [0.05, 0.1) is 12.2 Å². The average Bonchev–Trinajstić information content (AvgIpc) is 2.82. The number of hydrogen-bond acceptors (Lipinski definition) is 4. The number of unbranched alkanes of at least 4 members (excludes halogenated alkanes) is 5. The minimum atomic E-state index is -0.764. The molecule has 3 N–H and O–H groups in total. The van der Waals surface area contributed by atoms with Crippen LogP contribution in [0.1, 0.15) is 77.6 Å². The lowest BCUT2D eigenvalue weighted by molar-refractivity contribution is -0.137. The minimum Gasteiger partial charge on any atom is -0.481 e. The first-order valence-corrected chi connectivity index (χ1v) is 9.74. The van der Waals surface area contributed by atoms with Crippen molar-refractivity contribution in [2.45, 2.75) is 89.8 Å². The van der Waals surface area contributed by atoms with Gasteiger partial charge < -0.3 is 15.3 Å². The molecule has 1 saturated carbocycles. The number of rotatable bonds is 13. The van der Waals surface area contributed by atoms with E-state index in [1.54, 1.807) is 12.2 Å². The highest BCUT2D eigenvalue weighted by Gasteiger charge is 2.39. The van der Waals surface area contributed by atoms with Gasteiger partial charge in [-0.15, -0.1) is 0 Å². The highest BCUT2D eigenvalue weighted by molar-refractivity contribution is 5.85. The van der Waals surface area contributed by atoms with Crippen LogP contribution in [0.5, 0.6) is 0 Å². The molecule has 0 spiro atoms. The number of aliphatic carboxylic acids is 1. The average molecular weight is 354 g/mol. The van der Waals surface area contributed by atoms with Crippen molar-refractivity contribution in [2.75, 3.05) is 0 Å². The van der Waals surface area contributed by atoms with Gasteiger partial charge in [-0.25, -0.2) is 0 Å². The molecule has 1 rings (SSSR count). The number of aliphatic hydroxyl groups is 2. The third kappa shape index (κ3) is 8.63. The zero-order chi connectivity index (χ0) is 18.7. The second-order valence-corrected chi connectivity index (χ2v) is 7.22. The molecule has 0 unspecified atom stereocenters. The first-order chi connectivity index (χ1) is 12.0. The Morgan fingerprint density at radius 2 is 1.92 bits per heavy atom. The van der Waals surface area contributed by atoms with E-state index in [2.05, 4.69) is 6.92 Å². The first-order valence-electron chi connectivity index (χ1n) is 9.74. The van der Waals surface area contributed by atoms with Gasteiger partial charge in [-0.2, -0.15) is 0 Å². The first kappa shape index (κ1) is 21.8. The zero-order valence-electron chi connectivity index (χ0n) is 15.4. The van der Waals surface area contributed by atoms with Crippen LogP contribution in [0.25, 0.3) is 0 Å². The Bertz CT molecular complexity index is 432. The van der Waals surface area contributed by atoms with E-state index < -0.39 is 18.2 Å². The van der Waals surface area contributed by atoms with Crippen molar-refractivity contribution in [2.24, 2.45) is 11.8 Å². The van der Waals surface area contributed by atoms with E-state index in [0.29, 0.717) is 12.8 Å². The van der Waals surface area contributed by atoms with Crippen molar-refractivity contribution >= 4 is 11.8 Å². The van der Waals surface area contributed by atoms with E-state index in [0.717, 1.165) is 44.9 Å². The molecule has 5 heteroatoms. The molecule has 0 aromatic heterocycles. The zero-order valence-corrected chi connectivity index (χ0v) is 15.4. The molecular formula is C20H34O5. The monoisotopic (exact) mass is 354 g/mol. The van der Waals surface area contributed by atoms with Crippen molar-refractivity contribution < 1.29 is 24.9 Å². The molecule has 0 radical (unpaired) electrons. The van der Waals surface area contributed by atoms with Crippen molar-refractivity contribution in [3.63, 3.8) is 0 Å². The predicted molar refractivity (Wildman–Crippen MR) is 97.2 cm³/mol. The van der Waals surface area contributed by atoms with Crippen LogP contribution in [0.3, 0.4) is 0 Å². The Morgan fingerprint density at radius 3 is 2.60 bits per heavy atom. The van der Waals surface area contributed by atoms with E-state index in [4.69, 9.17) is 5.11 Å². The molecule has 1 aliphatic rings. The highest BCUT2D eigenvalue weighted by atomic mass is 16.4. The molecule has 144 valence electrons. The van der Waals surface area contributed by atoms with Gasteiger partial charge in [-0.05, 0) is 25.2 Å². The molecule has 1 aliphatic carbocycles. The van der Waals surface area contributed by atoms with Gasteiger partial charge in [0.1, 0.15) is 5.78 Å². The van der Waals surface area contributed by atoms with Crippen LogP contribution in [-0.2, 0) is 9.59 Å². The number of hydrogen-bond donors (Lipinski definition) is 3. The largest absolute Gasteiger partial charge is 0.481 e. The summed E-state index contributed by atoms with van der Waals surface area (Å²) < 4.78 is 0. The predicted octanol–water partition coefficient (Wildman–Crippen LogP) is 3.48. The number of ketones is 1. The maximum absolute atomic E-state index is 12.1. The summed E-state index contributed by atoms with van der Waals surface area (Å²) in [4.78, 5) is 22.5. The van der Waals surface area contributed by atoms with Gasteiger partial charge in [0, 0.05) is 18.8 Å². The molecule has 0 aliphatic heterocycles. The SMILES string of the molecule is CCCCC[C@@H]1[C@H](O)CC(=O)[C@@H]1/C=C/[C@@H](O)CCCCCCC(=O)O. The Labute approximate surface area is 151 Å². The molecule has 5 nitrogen and oxygen atoms in total. The number of carboxylic acids is 1. The molecule has 4 atom stereocenters. The fourth-order valence-electron chi connectivity index (χ4n) is 3.55. The molecule has 0 aromatic rings. The summed E-state index contributed by atoms with van der Waals surface area (Å²) in [6, 6.07) is 0. The van der Waals surface area contributed by atoms with Gasteiger partial charge in [0.15, 0.2) is 0 Å². The van der Waals surface area contributed by atoms with Crippen LogP contribution in [0, 0.1) is 11.8 Å². The number of aliphatic hydroxyl groups excluding tert-OH is 2. The number of carbonyl (C=O) groups excluding carboxylic acids is 1.